The number of nitrogens with zero attached hydrogens (tertiary/aromatic N) is 1. The van der Waals surface area contributed by atoms with Gasteiger partial charge >= 0.3 is 0 Å². The Labute approximate surface area is 147 Å². The van der Waals surface area contributed by atoms with Crippen molar-refractivity contribution in [2.75, 3.05) is 11.9 Å². The Morgan fingerprint density at radius 3 is 2.24 bits per heavy atom. The fourth-order valence-corrected chi connectivity index (χ4v) is 4.50. The van der Waals surface area contributed by atoms with Gasteiger partial charge in [0, 0.05) is 18.7 Å². The lowest BCUT2D eigenvalue weighted by Crippen LogP contribution is -2.38. The van der Waals surface area contributed by atoms with Crippen LogP contribution < -0.4 is 5.32 Å². The number of likely N-dealkylation sites (tertiary alicyclic amines) is 1. The zero-order valence-corrected chi connectivity index (χ0v) is 14.3. The van der Waals surface area contributed by atoms with Crippen molar-refractivity contribution in [1.29, 1.82) is 0 Å². The van der Waals surface area contributed by atoms with Crippen LogP contribution in [0.15, 0.2) is 36.4 Å². The predicted molar refractivity (Wildman–Crippen MR) is 93.5 cm³/mol. The van der Waals surface area contributed by atoms with Crippen molar-refractivity contribution in [3.05, 3.63) is 42.0 Å². The molecule has 4 atom stereocenters. The minimum absolute atomic E-state index is 0.0854. The van der Waals surface area contributed by atoms with Gasteiger partial charge in [0.15, 0.2) is 0 Å². The third-order valence-corrected chi connectivity index (χ3v) is 5.83. The first-order chi connectivity index (χ1) is 12.1. The number of imide groups is 1. The third-order valence-electron chi connectivity index (χ3n) is 5.83. The molecule has 0 spiro atoms. The van der Waals surface area contributed by atoms with Crippen LogP contribution in [-0.4, -0.2) is 29.2 Å². The molecule has 25 heavy (non-hydrogen) atoms. The minimum atomic E-state index is -0.198. The first-order valence-electron chi connectivity index (χ1n) is 8.95. The number of nitrogens with one attached hydrogen (secondary N) is 1. The molecule has 0 unspecified atom stereocenters. The molecule has 3 aliphatic carbocycles. The number of anilines is 1. The Bertz CT molecular complexity index is 738. The van der Waals surface area contributed by atoms with Crippen molar-refractivity contribution in [2.45, 2.75) is 26.2 Å². The van der Waals surface area contributed by atoms with Crippen LogP contribution in [0.2, 0.25) is 0 Å². The van der Waals surface area contributed by atoms with Crippen LogP contribution in [0.4, 0.5) is 5.69 Å². The molecule has 1 saturated carbocycles. The van der Waals surface area contributed by atoms with E-state index in [-0.39, 0.29) is 54.4 Å². The van der Waals surface area contributed by atoms with E-state index in [9.17, 15) is 14.4 Å². The first kappa shape index (κ1) is 16.1. The Hall–Kier alpha value is -2.43. The molecule has 0 aromatic heterocycles. The summed E-state index contributed by atoms with van der Waals surface area (Å²) in [6, 6.07) is 7.55. The zero-order valence-electron chi connectivity index (χ0n) is 14.3. The Morgan fingerprint density at radius 1 is 1.08 bits per heavy atom. The largest absolute Gasteiger partial charge is 0.326 e. The molecule has 1 aliphatic heterocycles. The summed E-state index contributed by atoms with van der Waals surface area (Å²) in [5.74, 6) is -0.359. The molecule has 4 aliphatic rings. The van der Waals surface area contributed by atoms with Crippen LogP contribution >= 0.6 is 0 Å². The fraction of sp³-hybridized carbons (Fsp3) is 0.450. The number of carbonyl (C=O) groups is 3. The Balaban J connectivity index is 1.40. The lowest BCUT2D eigenvalue weighted by Gasteiger charge is -2.38. The molecule has 1 aromatic carbocycles. The number of fused-ring (bicyclic) bond motifs is 1. The zero-order chi connectivity index (χ0) is 17.6. The van der Waals surface area contributed by atoms with Crippen molar-refractivity contribution in [3.8, 4) is 0 Å². The predicted octanol–water partition coefficient (Wildman–Crippen LogP) is 2.52. The standard InChI is InChI=1S/C20H22N2O3/c1-12-4-2-3-5-15(12)21-16(23)10-11-22-19(24)17-13-6-7-14(9-8-13)18(17)20(22)25/h2-7,13-14,17-18H,8-11H2,1H3,(H,21,23)/t13-,14-,17-,18+/m0/s1. The molecule has 5 nitrogen and oxygen atoms in total. The van der Waals surface area contributed by atoms with E-state index in [1.54, 1.807) is 0 Å². The van der Waals surface area contributed by atoms with Gasteiger partial charge in [0.2, 0.25) is 17.7 Å². The van der Waals surface area contributed by atoms with E-state index in [2.05, 4.69) is 17.5 Å². The van der Waals surface area contributed by atoms with Gasteiger partial charge in [0.25, 0.3) is 0 Å². The number of hydrogen-bond donors (Lipinski definition) is 1. The highest BCUT2D eigenvalue weighted by molar-refractivity contribution is 6.06. The molecular formula is C20H22N2O3. The number of amides is 3. The van der Waals surface area contributed by atoms with E-state index in [4.69, 9.17) is 0 Å². The molecular weight excluding hydrogens is 316 g/mol. The highest BCUT2D eigenvalue weighted by atomic mass is 16.2. The quantitative estimate of drug-likeness (QED) is 0.678. The number of aryl methyl sites for hydroxylation is 1. The average Bonchev–Trinajstić information content (AvgIpc) is 2.89. The molecule has 5 heteroatoms. The van der Waals surface area contributed by atoms with Crippen LogP contribution in [0.3, 0.4) is 0 Å². The van der Waals surface area contributed by atoms with Gasteiger partial charge < -0.3 is 5.32 Å². The minimum Gasteiger partial charge on any atom is -0.326 e. The van der Waals surface area contributed by atoms with E-state index in [1.165, 1.54) is 4.90 Å². The summed E-state index contributed by atoms with van der Waals surface area (Å²) in [6.45, 7) is 2.10. The summed E-state index contributed by atoms with van der Waals surface area (Å²) >= 11 is 0. The molecule has 1 aromatic rings. The van der Waals surface area contributed by atoms with E-state index in [0.29, 0.717) is 0 Å². The lowest BCUT2D eigenvalue weighted by atomic mass is 9.63. The van der Waals surface area contributed by atoms with Gasteiger partial charge in [-0.2, -0.15) is 0 Å². The fourth-order valence-electron chi connectivity index (χ4n) is 4.50. The highest BCUT2D eigenvalue weighted by Gasteiger charge is 2.56. The topological polar surface area (TPSA) is 66.5 Å². The summed E-state index contributed by atoms with van der Waals surface area (Å²) in [4.78, 5) is 39.0. The van der Waals surface area contributed by atoms with E-state index in [0.717, 1.165) is 24.1 Å². The number of para-hydroxylation sites is 1. The van der Waals surface area contributed by atoms with Crippen LogP contribution in [0.25, 0.3) is 0 Å². The second kappa shape index (κ2) is 6.14. The van der Waals surface area contributed by atoms with E-state index < -0.39 is 0 Å². The monoisotopic (exact) mass is 338 g/mol. The van der Waals surface area contributed by atoms with Crippen molar-refractivity contribution < 1.29 is 14.4 Å². The SMILES string of the molecule is Cc1ccccc1NC(=O)CCN1C(=O)[C@@H]2[C@H](C1=O)[C@H]1C=C[C@H]2CC1. The van der Waals surface area contributed by atoms with Crippen molar-refractivity contribution in [3.63, 3.8) is 0 Å². The van der Waals surface area contributed by atoms with Crippen molar-refractivity contribution in [2.24, 2.45) is 23.7 Å². The van der Waals surface area contributed by atoms with Gasteiger partial charge in [-0.1, -0.05) is 30.4 Å². The first-order valence-corrected chi connectivity index (χ1v) is 8.95. The summed E-state index contributed by atoms with van der Waals surface area (Å²) < 4.78 is 0. The van der Waals surface area contributed by atoms with Crippen molar-refractivity contribution >= 4 is 23.4 Å². The summed E-state index contributed by atoms with van der Waals surface area (Å²) in [5, 5.41) is 2.86. The summed E-state index contributed by atoms with van der Waals surface area (Å²) in [5.41, 5.74) is 1.75. The molecule has 2 fully saturated rings. The second-order valence-electron chi connectivity index (χ2n) is 7.28. The summed E-state index contributed by atoms with van der Waals surface area (Å²) in [6.07, 6.45) is 6.32. The lowest BCUT2D eigenvalue weighted by molar-refractivity contribution is -0.140. The maximum atomic E-state index is 12.7. The maximum absolute atomic E-state index is 12.7. The van der Waals surface area contributed by atoms with Gasteiger partial charge in [-0.15, -0.1) is 0 Å². The third kappa shape index (κ3) is 2.68. The summed E-state index contributed by atoms with van der Waals surface area (Å²) in [7, 11) is 0. The smallest absolute Gasteiger partial charge is 0.233 e. The van der Waals surface area contributed by atoms with Crippen LogP contribution in [0, 0.1) is 30.6 Å². The van der Waals surface area contributed by atoms with Crippen LogP contribution in [0.1, 0.15) is 24.8 Å². The highest BCUT2D eigenvalue weighted by Crippen LogP contribution is 2.49. The van der Waals surface area contributed by atoms with Gasteiger partial charge in [0.05, 0.1) is 11.8 Å². The second-order valence-corrected chi connectivity index (χ2v) is 7.28. The molecule has 0 radical (unpaired) electrons. The molecule has 2 bridgehead atoms. The molecule has 1 heterocycles. The van der Waals surface area contributed by atoms with Gasteiger partial charge in [-0.25, -0.2) is 0 Å². The Morgan fingerprint density at radius 2 is 1.68 bits per heavy atom. The molecule has 1 saturated heterocycles. The number of carbonyl (C=O) groups excluding carboxylic acids is 3. The molecule has 130 valence electrons. The molecule has 5 rings (SSSR count). The Kier molecular flexibility index (Phi) is 3.94. The van der Waals surface area contributed by atoms with Gasteiger partial charge in [-0.05, 0) is 43.2 Å². The number of allylic oxidation sites excluding steroid dienone is 2. The normalized spacial score (nSPS) is 29.9. The number of hydrogen-bond acceptors (Lipinski definition) is 3. The van der Waals surface area contributed by atoms with E-state index >= 15 is 0 Å². The van der Waals surface area contributed by atoms with Crippen LogP contribution in [-0.2, 0) is 14.4 Å². The average molecular weight is 338 g/mol. The number of rotatable bonds is 4. The maximum Gasteiger partial charge on any atom is 0.233 e. The van der Waals surface area contributed by atoms with E-state index in [1.807, 2.05) is 31.2 Å². The van der Waals surface area contributed by atoms with Crippen LogP contribution in [0.5, 0.6) is 0 Å². The van der Waals surface area contributed by atoms with Crippen molar-refractivity contribution in [1.82, 2.24) is 4.90 Å². The molecule has 1 N–H and O–H groups in total. The molecule has 3 amide bonds. The van der Waals surface area contributed by atoms with Gasteiger partial charge in [0.1, 0.15) is 0 Å². The van der Waals surface area contributed by atoms with Gasteiger partial charge in [-0.3, -0.25) is 19.3 Å². The number of benzene rings is 1.